The smallest absolute Gasteiger partial charge is 0.245 e. The Morgan fingerprint density at radius 2 is 2.00 bits per heavy atom. The number of nitrogens with zero attached hydrogens (tertiary/aromatic N) is 1. The Balaban J connectivity index is 2.47. The lowest BCUT2D eigenvalue weighted by molar-refractivity contribution is -0.136. The van der Waals surface area contributed by atoms with Gasteiger partial charge in [-0.2, -0.15) is 4.31 Å². The Hall–Kier alpha value is -1.25. The number of nitrogens with one attached hydrogen (secondary N) is 1. The summed E-state index contributed by atoms with van der Waals surface area (Å²) in [4.78, 5) is 24.6. The van der Waals surface area contributed by atoms with Crippen LogP contribution in [0, 0.1) is 13.8 Å². The van der Waals surface area contributed by atoms with Gasteiger partial charge in [-0.15, -0.1) is 11.3 Å². The van der Waals surface area contributed by atoms with E-state index in [0.717, 1.165) is 9.18 Å². The SMILES string of the molecule is Cc1cc(S(=O)(=O)N2CC(=O)NC(=O)C2C)c(C)s1. The highest BCUT2D eigenvalue weighted by atomic mass is 32.2. The first kappa shape index (κ1) is 14.2. The molecule has 2 heterocycles. The highest BCUT2D eigenvalue weighted by Crippen LogP contribution is 2.29. The van der Waals surface area contributed by atoms with E-state index in [2.05, 4.69) is 5.32 Å². The summed E-state index contributed by atoms with van der Waals surface area (Å²) in [7, 11) is -3.82. The van der Waals surface area contributed by atoms with E-state index in [1.807, 2.05) is 6.92 Å². The molecule has 2 amide bonds. The summed E-state index contributed by atoms with van der Waals surface area (Å²) < 4.78 is 26.0. The van der Waals surface area contributed by atoms with Crippen LogP contribution in [0.1, 0.15) is 16.7 Å². The lowest BCUT2D eigenvalue weighted by Crippen LogP contribution is -2.58. The molecule has 1 aromatic heterocycles. The molecule has 0 saturated carbocycles. The Kier molecular flexibility index (Phi) is 3.50. The third-order valence-corrected chi connectivity index (χ3v) is 6.09. The summed E-state index contributed by atoms with van der Waals surface area (Å²) in [5.41, 5.74) is 0. The number of hydrogen-bond acceptors (Lipinski definition) is 5. The first-order chi connectivity index (χ1) is 8.73. The van der Waals surface area contributed by atoms with Crippen molar-refractivity contribution in [3.8, 4) is 0 Å². The van der Waals surface area contributed by atoms with Crippen LogP contribution in [-0.2, 0) is 19.6 Å². The fourth-order valence-corrected chi connectivity index (χ4v) is 5.05. The average molecular weight is 302 g/mol. The Bertz CT molecular complexity index is 648. The second kappa shape index (κ2) is 4.69. The van der Waals surface area contributed by atoms with Crippen molar-refractivity contribution in [1.82, 2.24) is 9.62 Å². The van der Waals surface area contributed by atoms with Gasteiger partial charge >= 0.3 is 0 Å². The normalized spacial score (nSPS) is 21.5. The minimum Gasteiger partial charge on any atom is -0.294 e. The van der Waals surface area contributed by atoms with E-state index in [0.29, 0.717) is 4.88 Å². The van der Waals surface area contributed by atoms with Crippen molar-refractivity contribution in [3.63, 3.8) is 0 Å². The van der Waals surface area contributed by atoms with Crippen LogP contribution >= 0.6 is 11.3 Å². The van der Waals surface area contributed by atoms with Gasteiger partial charge < -0.3 is 0 Å². The van der Waals surface area contributed by atoms with Crippen molar-refractivity contribution in [2.75, 3.05) is 6.54 Å². The second-order valence-corrected chi connectivity index (χ2v) is 7.74. The van der Waals surface area contributed by atoms with Crippen LogP contribution in [0.4, 0.5) is 0 Å². The van der Waals surface area contributed by atoms with Crippen LogP contribution in [0.3, 0.4) is 0 Å². The van der Waals surface area contributed by atoms with E-state index in [1.54, 1.807) is 13.0 Å². The molecule has 0 radical (unpaired) electrons. The Morgan fingerprint density at radius 3 is 2.53 bits per heavy atom. The molecular formula is C11H14N2O4S2. The van der Waals surface area contributed by atoms with Crippen molar-refractivity contribution in [3.05, 3.63) is 15.8 Å². The van der Waals surface area contributed by atoms with E-state index >= 15 is 0 Å². The number of carbonyl (C=O) groups is 2. The molecule has 1 aliphatic rings. The first-order valence-corrected chi connectivity index (χ1v) is 7.91. The molecular weight excluding hydrogens is 288 g/mol. The van der Waals surface area contributed by atoms with Crippen LogP contribution in [0.5, 0.6) is 0 Å². The number of thiophene rings is 1. The highest BCUT2D eigenvalue weighted by Gasteiger charge is 2.39. The van der Waals surface area contributed by atoms with Gasteiger partial charge in [-0.1, -0.05) is 0 Å². The molecule has 6 nitrogen and oxygen atoms in total. The quantitative estimate of drug-likeness (QED) is 0.802. The van der Waals surface area contributed by atoms with Crippen molar-refractivity contribution in [2.45, 2.75) is 31.7 Å². The number of sulfonamides is 1. The molecule has 1 aliphatic heterocycles. The minimum absolute atomic E-state index is 0.171. The second-order valence-electron chi connectivity index (χ2n) is 4.42. The van der Waals surface area contributed by atoms with Gasteiger partial charge in [0.05, 0.1) is 11.4 Å². The molecule has 0 aliphatic carbocycles. The van der Waals surface area contributed by atoms with E-state index in [1.165, 1.54) is 18.3 Å². The number of amides is 2. The molecule has 0 spiro atoms. The Morgan fingerprint density at radius 1 is 1.37 bits per heavy atom. The van der Waals surface area contributed by atoms with Gasteiger partial charge in [-0.25, -0.2) is 8.42 Å². The maximum atomic E-state index is 12.5. The third kappa shape index (κ3) is 2.43. The molecule has 104 valence electrons. The van der Waals surface area contributed by atoms with Crippen molar-refractivity contribution >= 4 is 33.2 Å². The van der Waals surface area contributed by atoms with Crippen molar-refractivity contribution in [2.24, 2.45) is 0 Å². The van der Waals surface area contributed by atoms with Gasteiger partial charge in [-0.3, -0.25) is 14.9 Å². The minimum atomic E-state index is -3.82. The number of aryl methyl sites for hydroxylation is 2. The van der Waals surface area contributed by atoms with Gasteiger partial charge in [-0.05, 0) is 26.8 Å². The van der Waals surface area contributed by atoms with Crippen LogP contribution in [-0.4, -0.2) is 37.1 Å². The number of hydrogen-bond donors (Lipinski definition) is 1. The lowest BCUT2D eigenvalue weighted by Gasteiger charge is -2.30. The summed E-state index contributed by atoms with van der Waals surface area (Å²) in [5, 5.41) is 2.12. The van der Waals surface area contributed by atoms with E-state index in [9.17, 15) is 18.0 Å². The molecule has 8 heteroatoms. The molecule has 1 unspecified atom stereocenters. The van der Waals surface area contributed by atoms with Crippen molar-refractivity contribution in [1.29, 1.82) is 0 Å². The average Bonchev–Trinajstić information content (AvgIpc) is 2.63. The third-order valence-electron chi connectivity index (χ3n) is 2.96. The topological polar surface area (TPSA) is 83.6 Å². The molecule has 1 N–H and O–H groups in total. The zero-order valence-corrected chi connectivity index (χ0v) is 12.4. The largest absolute Gasteiger partial charge is 0.294 e. The molecule has 1 aromatic rings. The van der Waals surface area contributed by atoms with Gasteiger partial charge in [0.1, 0.15) is 6.04 Å². The molecule has 19 heavy (non-hydrogen) atoms. The van der Waals surface area contributed by atoms with E-state index in [4.69, 9.17) is 0 Å². The summed E-state index contributed by atoms with van der Waals surface area (Å²) in [6, 6.07) is 0.682. The van der Waals surface area contributed by atoms with Gasteiger partial charge in [0.15, 0.2) is 0 Å². The van der Waals surface area contributed by atoms with Gasteiger partial charge in [0.25, 0.3) is 0 Å². The fraction of sp³-hybridized carbons (Fsp3) is 0.455. The predicted molar refractivity (Wildman–Crippen MR) is 70.3 cm³/mol. The molecule has 1 saturated heterocycles. The molecule has 2 rings (SSSR count). The van der Waals surface area contributed by atoms with Crippen LogP contribution in [0.25, 0.3) is 0 Å². The highest BCUT2D eigenvalue weighted by molar-refractivity contribution is 7.89. The maximum absolute atomic E-state index is 12.5. The number of piperazine rings is 1. The maximum Gasteiger partial charge on any atom is 0.245 e. The molecule has 0 bridgehead atoms. The number of rotatable bonds is 2. The zero-order chi connectivity index (χ0) is 14.4. The standard InChI is InChI=1S/C11H14N2O4S2/c1-6-4-9(8(3)18-6)19(16,17)13-5-10(14)12-11(15)7(13)2/h4,7H,5H2,1-3H3,(H,12,14,15). The van der Waals surface area contributed by atoms with E-state index < -0.39 is 27.9 Å². The van der Waals surface area contributed by atoms with Crippen molar-refractivity contribution < 1.29 is 18.0 Å². The van der Waals surface area contributed by atoms with Crippen LogP contribution < -0.4 is 5.32 Å². The summed E-state index contributed by atoms with van der Waals surface area (Å²) in [6.45, 7) is 4.66. The summed E-state index contributed by atoms with van der Waals surface area (Å²) in [6.07, 6.45) is 0. The Labute approximate surface area is 115 Å². The zero-order valence-electron chi connectivity index (χ0n) is 10.8. The van der Waals surface area contributed by atoms with E-state index in [-0.39, 0.29) is 11.4 Å². The first-order valence-electron chi connectivity index (χ1n) is 5.66. The molecule has 0 aromatic carbocycles. The number of imide groups is 1. The van der Waals surface area contributed by atoms with Crippen LogP contribution in [0.15, 0.2) is 11.0 Å². The monoisotopic (exact) mass is 302 g/mol. The summed E-state index contributed by atoms with van der Waals surface area (Å²) >= 11 is 1.37. The predicted octanol–water partition coefficient (Wildman–Crippen LogP) is 0.401. The summed E-state index contributed by atoms with van der Waals surface area (Å²) in [5.74, 6) is -1.19. The fourth-order valence-electron chi connectivity index (χ4n) is 1.97. The number of carbonyl (C=O) groups excluding carboxylic acids is 2. The lowest BCUT2D eigenvalue weighted by atomic mass is 10.2. The molecule has 1 fully saturated rings. The van der Waals surface area contributed by atoms with Gasteiger partial charge in [0.2, 0.25) is 21.8 Å². The van der Waals surface area contributed by atoms with Gasteiger partial charge in [0, 0.05) is 9.75 Å². The van der Waals surface area contributed by atoms with Crippen LogP contribution in [0.2, 0.25) is 0 Å². The molecule has 1 atom stereocenters.